The van der Waals surface area contributed by atoms with Crippen molar-refractivity contribution >= 4 is 56.4 Å². The fourth-order valence-electron chi connectivity index (χ4n) is 4.21. The minimum absolute atomic E-state index is 0.198. The maximum atomic E-state index is 12.7. The number of amides is 1. The number of halogens is 1. The van der Waals surface area contributed by atoms with E-state index in [1.165, 1.54) is 6.33 Å². The zero-order valence-corrected chi connectivity index (χ0v) is 19.3. The highest BCUT2D eigenvalue weighted by Gasteiger charge is 2.14. The average Bonchev–Trinajstić information content (AvgIpc) is 3.55. The minimum Gasteiger partial charge on any atom is -0.382 e. The first kappa shape index (κ1) is 21.1. The molecule has 2 aromatic carbocycles. The van der Waals surface area contributed by atoms with Crippen molar-refractivity contribution in [3.8, 4) is 0 Å². The molecule has 0 aliphatic rings. The number of anilines is 1. The first-order valence-corrected chi connectivity index (χ1v) is 11.1. The first-order valence-electron chi connectivity index (χ1n) is 10.8. The number of benzene rings is 2. The Morgan fingerprint density at radius 3 is 2.94 bits per heavy atom. The van der Waals surface area contributed by atoms with Gasteiger partial charge in [-0.25, -0.2) is 19.6 Å². The largest absolute Gasteiger partial charge is 0.382 e. The minimum atomic E-state index is -0.198. The van der Waals surface area contributed by atoms with Crippen molar-refractivity contribution in [3.63, 3.8) is 0 Å². The molecule has 0 aliphatic carbocycles. The fraction of sp³-hybridized carbons (Fsp3) is 0.130. The number of aromatic nitrogens is 8. The number of hydrogen-bond acceptors (Lipinski definition) is 7. The number of hydrogen-bond donors (Lipinski definition) is 3. The van der Waals surface area contributed by atoms with E-state index >= 15 is 0 Å². The fourth-order valence-corrected chi connectivity index (χ4v) is 4.46. The summed E-state index contributed by atoms with van der Waals surface area (Å²) in [6.45, 7) is 0.801. The molecule has 12 heteroatoms. The summed E-state index contributed by atoms with van der Waals surface area (Å²) in [5, 5.41) is 12.6. The highest BCUT2D eigenvalue weighted by Crippen LogP contribution is 2.27. The average molecular weight is 487 g/mol. The van der Waals surface area contributed by atoms with Gasteiger partial charge in [0.1, 0.15) is 17.4 Å². The van der Waals surface area contributed by atoms with E-state index in [4.69, 9.17) is 17.3 Å². The second-order valence-electron chi connectivity index (χ2n) is 8.23. The Balaban J connectivity index is 1.26. The zero-order chi connectivity index (χ0) is 24.1. The third-order valence-corrected chi connectivity index (χ3v) is 6.13. The Kier molecular flexibility index (Phi) is 4.85. The molecule has 4 N–H and O–H groups in total. The first-order chi connectivity index (χ1) is 17.0. The summed E-state index contributed by atoms with van der Waals surface area (Å²) < 4.78 is 3.56. The summed E-state index contributed by atoms with van der Waals surface area (Å²) in [5.41, 5.74) is 11.9. The molecule has 0 saturated carbocycles. The molecular formula is C23H19ClN10O. The molecule has 35 heavy (non-hydrogen) atoms. The van der Waals surface area contributed by atoms with Crippen LogP contribution in [0.15, 0.2) is 49.1 Å². The van der Waals surface area contributed by atoms with E-state index < -0.39 is 0 Å². The lowest BCUT2D eigenvalue weighted by Crippen LogP contribution is -2.22. The van der Waals surface area contributed by atoms with Crippen LogP contribution in [-0.4, -0.2) is 45.4 Å². The number of H-pyrrole nitrogens is 1. The Morgan fingerprint density at radius 2 is 2.06 bits per heavy atom. The Bertz CT molecular complexity index is 1750. The topological polar surface area (TPSA) is 145 Å². The molecule has 1 amide bonds. The highest BCUT2D eigenvalue weighted by atomic mass is 35.5. The third-order valence-electron chi connectivity index (χ3n) is 5.91. The Labute approximate surface area is 202 Å². The van der Waals surface area contributed by atoms with Crippen molar-refractivity contribution in [2.45, 2.75) is 13.1 Å². The van der Waals surface area contributed by atoms with E-state index in [0.717, 1.165) is 27.7 Å². The molecule has 6 aromatic rings. The van der Waals surface area contributed by atoms with Crippen molar-refractivity contribution in [3.05, 3.63) is 70.9 Å². The quantitative estimate of drug-likeness (QED) is 0.339. The van der Waals surface area contributed by atoms with E-state index in [0.29, 0.717) is 46.2 Å². The van der Waals surface area contributed by atoms with Gasteiger partial charge in [0.25, 0.3) is 5.91 Å². The second kappa shape index (κ2) is 8.06. The van der Waals surface area contributed by atoms with Crippen LogP contribution in [0.25, 0.3) is 33.1 Å². The van der Waals surface area contributed by atoms with Crippen LogP contribution in [0, 0.1) is 0 Å². The van der Waals surface area contributed by atoms with E-state index in [1.54, 1.807) is 23.1 Å². The number of rotatable bonds is 5. The van der Waals surface area contributed by atoms with Crippen molar-refractivity contribution in [2.75, 3.05) is 5.73 Å². The van der Waals surface area contributed by atoms with Crippen LogP contribution in [0.3, 0.4) is 0 Å². The summed E-state index contributed by atoms with van der Waals surface area (Å²) in [7, 11) is 1.81. The molecule has 4 heterocycles. The van der Waals surface area contributed by atoms with Gasteiger partial charge in [-0.3, -0.25) is 4.79 Å². The van der Waals surface area contributed by atoms with Gasteiger partial charge in [-0.1, -0.05) is 16.8 Å². The molecule has 4 aromatic heterocycles. The van der Waals surface area contributed by atoms with Gasteiger partial charge in [0, 0.05) is 28.7 Å². The number of carbonyl (C=O) groups is 1. The van der Waals surface area contributed by atoms with Crippen molar-refractivity contribution < 1.29 is 4.79 Å². The molecule has 0 saturated heterocycles. The van der Waals surface area contributed by atoms with Crippen LogP contribution in [0.1, 0.15) is 21.6 Å². The molecule has 0 spiro atoms. The van der Waals surface area contributed by atoms with Crippen LogP contribution >= 0.6 is 11.6 Å². The summed E-state index contributed by atoms with van der Waals surface area (Å²) in [6, 6.07) is 11.1. The van der Waals surface area contributed by atoms with Gasteiger partial charge in [-0.15, -0.1) is 5.10 Å². The smallest absolute Gasteiger partial charge is 0.251 e. The van der Waals surface area contributed by atoms with Crippen LogP contribution in [-0.2, 0) is 20.1 Å². The maximum absolute atomic E-state index is 12.7. The molecule has 6 rings (SSSR count). The van der Waals surface area contributed by atoms with Gasteiger partial charge in [-0.05, 0) is 42.0 Å². The number of fused-ring (bicyclic) bond motifs is 3. The molecule has 11 nitrogen and oxygen atoms in total. The van der Waals surface area contributed by atoms with Gasteiger partial charge >= 0.3 is 0 Å². The van der Waals surface area contributed by atoms with Gasteiger partial charge in [-0.2, -0.15) is 0 Å². The van der Waals surface area contributed by atoms with Crippen LogP contribution < -0.4 is 11.1 Å². The molecule has 0 fully saturated rings. The number of carbonyl (C=O) groups excluding carboxylic acids is 1. The van der Waals surface area contributed by atoms with Crippen molar-refractivity contribution in [2.24, 2.45) is 7.05 Å². The third kappa shape index (κ3) is 3.71. The number of imidazole rings is 1. The van der Waals surface area contributed by atoms with Crippen molar-refractivity contribution in [1.82, 2.24) is 44.8 Å². The standard InChI is InChI=1S/C23H19ClN10O/c1-33-18-3-2-12(7-17(18)31-32-33)23(35)26-8-16-6-13-4-15(24)5-14(19(13)30-16)9-34-11-29-20-21(25)27-10-28-22(20)34/h2-7,10-11,30H,8-9H2,1H3,(H,26,35)(H2,25,27,28). The predicted molar refractivity (Wildman–Crippen MR) is 132 cm³/mol. The lowest BCUT2D eigenvalue weighted by Gasteiger charge is -2.07. The Morgan fingerprint density at radius 1 is 1.17 bits per heavy atom. The van der Waals surface area contributed by atoms with E-state index in [1.807, 2.05) is 35.9 Å². The number of nitrogens with zero attached hydrogens (tertiary/aromatic N) is 7. The monoisotopic (exact) mass is 486 g/mol. The predicted octanol–water partition coefficient (Wildman–Crippen LogP) is 2.80. The van der Waals surface area contributed by atoms with Crippen molar-refractivity contribution in [1.29, 1.82) is 0 Å². The van der Waals surface area contributed by atoms with Gasteiger partial charge in [0.2, 0.25) is 0 Å². The lowest BCUT2D eigenvalue weighted by molar-refractivity contribution is 0.0950. The summed E-state index contributed by atoms with van der Waals surface area (Å²) in [5.74, 6) is 0.137. The summed E-state index contributed by atoms with van der Waals surface area (Å²) >= 11 is 6.41. The van der Waals surface area contributed by atoms with Crippen LogP contribution in [0.2, 0.25) is 5.02 Å². The number of aryl methyl sites for hydroxylation is 1. The van der Waals surface area contributed by atoms with E-state index in [-0.39, 0.29) is 5.91 Å². The second-order valence-corrected chi connectivity index (χ2v) is 8.66. The van der Waals surface area contributed by atoms with Crippen LogP contribution in [0.5, 0.6) is 0 Å². The Hall–Kier alpha value is -4.51. The number of nitrogen functional groups attached to an aromatic ring is 1. The molecule has 0 radical (unpaired) electrons. The zero-order valence-electron chi connectivity index (χ0n) is 18.5. The normalized spacial score (nSPS) is 11.6. The highest BCUT2D eigenvalue weighted by molar-refractivity contribution is 6.31. The summed E-state index contributed by atoms with van der Waals surface area (Å²) in [4.78, 5) is 28.8. The molecule has 0 atom stereocenters. The molecule has 0 bridgehead atoms. The SMILES string of the molecule is Cn1nnc2cc(C(=O)NCc3cc4cc(Cl)cc(Cn5cnc6c(N)ncnc65)c4[nH]3)ccc21. The van der Waals surface area contributed by atoms with E-state index in [9.17, 15) is 4.79 Å². The van der Waals surface area contributed by atoms with E-state index in [2.05, 4.69) is 35.6 Å². The molecule has 0 unspecified atom stereocenters. The number of nitrogens with one attached hydrogen (secondary N) is 2. The lowest BCUT2D eigenvalue weighted by atomic mass is 10.1. The van der Waals surface area contributed by atoms with Gasteiger partial charge in [0.05, 0.1) is 30.5 Å². The van der Waals surface area contributed by atoms with Gasteiger partial charge < -0.3 is 20.6 Å². The molecule has 0 aliphatic heterocycles. The molecular weight excluding hydrogens is 468 g/mol. The maximum Gasteiger partial charge on any atom is 0.251 e. The number of aromatic amines is 1. The van der Waals surface area contributed by atoms with Gasteiger partial charge in [0.15, 0.2) is 11.5 Å². The summed E-state index contributed by atoms with van der Waals surface area (Å²) in [6.07, 6.45) is 3.10. The van der Waals surface area contributed by atoms with Crippen LogP contribution in [0.4, 0.5) is 5.82 Å². The molecule has 174 valence electrons. The number of nitrogens with two attached hydrogens (primary N) is 1.